The van der Waals surface area contributed by atoms with Crippen LogP contribution in [0.3, 0.4) is 0 Å². The number of rotatable bonds is 4. The van der Waals surface area contributed by atoms with Crippen molar-refractivity contribution in [2.45, 2.75) is 50.4 Å². The zero-order valence-corrected chi connectivity index (χ0v) is 10.5. The average Bonchev–Trinajstić information content (AvgIpc) is 2.29. The second-order valence-electron chi connectivity index (χ2n) is 5.08. The van der Waals surface area contributed by atoms with Crippen molar-refractivity contribution in [3.05, 3.63) is 35.4 Å². The molecule has 1 aromatic rings. The first-order valence-corrected chi connectivity index (χ1v) is 6.44. The third-order valence-electron chi connectivity index (χ3n) is 3.84. The molecule has 0 spiro atoms. The Morgan fingerprint density at radius 1 is 1.28 bits per heavy atom. The molecule has 0 bridgehead atoms. The van der Waals surface area contributed by atoms with Gasteiger partial charge in [0.25, 0.3) is 5.92 Å². The molecule has 1 fully saturated rings. The molecule has 1 aliphatic rings. The number of alkyl halides is 2. The molecule has 1 saturated carbocycles. The van der Waals surface area contributed by atoms with E-state index >= 15 is 0 Å². The number of benzene rings is 1. The highest BCUT2D eigenvalue weighted by Crippen LogP contribution is 2.43. The number of hydrogen-bond donors (Lipinski definition) is 0. The van der Waals surface area contributed by atoms with Crippen LogP contribution in [0.5, 0.6) is 0 Å². The van der Waals surface area contributed by atoms with Crippen LogP contribution in [0.15, 0.2) is 24.3 Å². The maximum atomic E-state index is 13.7. The summed E-state index contributed by atoms with van der Waals surface area (Å²) < 4.78 is 27.4. The molecule has 0 aliphatic heterocycles. The predicted octanol–water partition coefficient (Wildman–Crippen LogP) is 4.52. The van der Waals surface area contributed by atoms with Gasteiger partial charge in [0, 0.05) is 12.0 Å². The lowest BCUT2D eigenvalue weighted by atomic mass is 9.65. The number of hydrogen-bond acceptors (Lipinski definition) is 1. The molecule has 0 aromatic heterocycles. The van der Waals surface area contributed by atoms with Gasteiger partial charge in [0.1, 0.15) is 0 Å². The van der Waals surface area contributed by atoms with Gasteiger partial charge in [0.15, 0.2) is 0 Å². The Bertz CT molecular complexity index is 452. The van der Waals surface area contributed by atoms with Crippen LogP contribution in [-0.4, -0.2) is 0 Å². The fourth-order valence-electron chi connectivity index (χ4n) is 2.49. The van der Waals surface area contributed by atoms with Crippen molar-refractivity contribution in [1.29, 1.82) is 5.26 Å². The van der Waals surface area contributed by atoms with E-state index in [1.54, 1.807) is 19.1 Å². The molecule has 0 atom stereocenters. The first-order valence-electron chi connectivity index (χ1n) is 6.44. The van der Waals surface area contributed by atoms with E-state index in [1.165, 1.54) is 12.1 Å². The van der Waals surface area contributed by atoms with E-state index in [4.69, 9.17) is 0 Å². The Balaban J connectivity index is 2.23. The van der Waals surface area contributed by atoms with Crippen molar-refractivity contribution < 1.29 is 8.78 Å². The molecule has 18 heavy (non-hydrogen) atoms. The predicted molar refractivity (Wildman–Crippen MR) is 66.4 cm³/mol. The van der Waals surface area contributed by atoms with Crippen LogP contribution < -0.4 is 0 Å². The van der Waals surface area contributed by atoms with Gasteiger partial charge in [0.05, 0.1) is 11.5 Å². The maximum Gasteiger partial charge on any atom is 0.273 e. The van der Waals surface area contributed by atoms with Crippen molar-refractivity contribution in [3.8, 4) is 6.07 Å². The van der Waals surface area contributed by atoms with E-state index in [1.807, 2.05) is 0 Å². The summed E-state index contributed by atoms with van der Waals surface area (Å²) in [6.45, 7) is 1.75. The topological polar surface area (TPSA) is 23.8 Å². The molecule has 1 nitrogen and oxygen atoms in total. The Morgan fingerprint density at radius 3 is 2.28 bits per heavy atom. The highest BCUT2D eigenvalue weighted by Gasteiger charge is 2.39. The molecule has 96 valence electrons. The summed E-state index contributed by atoms with van der Waals surface area (Å²) in [6.07, 6.45) is 3.05. The maximum absolute atomic E-state index is 13.7. The third-order valence-corrected chi connectivity index (χ3v) is 3.84. The highest BCUT2D eigenvalue weighted by atomic mass is 19.3. The molecule has 3 heteroatoms. The summed E-state index contributed by atoms with van der Waals surface area (Å²) >= 11 is 0. The Hall–Kier alpha value is -1.43. The van der Waals surface area contributed by atoms with Crippen LogP contribution in [0.1, 0.15) is 50.2 Å². The minimum atomic E-state index is -2.76. The first kappa shape index (κ1) is 13.0. The minimum Gasteiger partial charge on any atom is -0.201 e. The molecular formula is C15H17F2N. The zero-order valence-electron chi connectivity index (χ0n) is 10.5. The van der Waals surface area contributed by atoms with E-state index < -0.39 is 11.3 Å². The monoisotopic (exact) mass is 249 g/mol. The van der Waals surface area contributed by atoms with Crippen LogP contribution in [-0.2, 0) is 11.3 Å². The molecule has 0 radical (unpaired) electrons. The Labute approximate surface area is 106 Å². The Morgan fingerprint density at radius 2 is 1.89 bits per heavy atom. The van der Waals surface area contributed by atoms with Gasteiger partial charge in [-0.1, -0.05) is 37.6 Å². The summed E-state index contributed by atoms with van der Waals surface area (Å²) in [6, 6.07) is 8.67. The van der Waals surface area contributed by atoms with Crippen molar-refractivity contribution in [2.24, 2.45) is 0 Å². The molecule has 0 saturated heterocycles. The summed E-state index contributed by atoms with van der Waals surface area (Å²) in [5, 5.41) is 9.21. The van der Waals surface area contributed by atoms with Gasteiger partial charge in [-0.05, 0) is 24.8 Å². The second-order valence-corrected chi connectivity index (χ2v) is 5.08. The van der Waals surface area contributed by atoms with Gasteiger partial charge >= 0.3 is 0 Å². The average molecular weight is 249 g/mol. The van der Waals surface area contributed by atoms with E-state index in [9.17, 15) is 14.0 Å². The SMILES string of the molecule is CCCC(F)(F)c1ccc(C2(C#N)CCC2)cc1. The third kappa shape index (κ3) is 2.12. The van der Waals surface area contributed by atoms with Gasteiger partial charge < -0.3 is 0 Å². The molecule has 2 rings (SSSR count). The summed E-state index contributed by atoms with van der Waals surface area (Å²) in [5.41, 5.74) is 0.520. The number of nitrogens with zero attached hydrogens (tertiary/aromatic N) is 1. The van der Waals surface area contributed by atoms with E-state index in [0.29, 0.717) is 6.42 Å². The van der Waals surface area contributed by atoms with Gasteiger partial charge in [-0.25, -0.2) is 8.78 Å². The van der Waals surface area contributed by atoms with Gasteiger partial charge in [-0.15, -0.1) is 0 Å². The summed E-state index contributed by atoms with van der Waals surface area (Å²) in [7, 11) is 0. The van der Waals surface area contributed by atoms with Crippen molar-refractivity contribution >= 4 is 0 Å². The van der Waals surface area contributed by atoms with Crippen LogP contribution in [0.25, 0.3) is 0 Å². The lowest BCUT2D eigenvalue weighted by Crippen LogP contribution is -2.32. The van der Waals surface area contributed by atoms with Gasteiger partial charge in [-0.2, -0.15) is 5.26 Å². The molecule has 1 aliphatic carbocycles. The minimum absolute atomic E-state index is 0.0560. The van der Waals surface area contributed by atoms with E-state index in [2.05, 4.69) is 6.07 Å². The van der Waals surface area contributed by atoms with E-state index in [0.717, 1.165) is 24.8 Å². The highest BCUT2D eigenvalue weighted by molar-refractivity contribution is 5.37. The molecule has 0 unspecified atom stereocenters. The van der Waals surface area contributed by atoms with Crippen LogP contribution in [0.4, 0.5) is 8.78 Å². The molecule has 0 amide bonds. The standard InChI is InChI=1S/C15H17F2N/c1-2-8-15(16,17)13-6-4-12(5-7-13)14(11-18)9-3-10-14/h4-7H,2-3,8-10H2,1H3. The van der Waals surface area contributed by atoms with Gasteiger partial charge in [-0.3, -0.25) is 0 Å². The van der Waals surface area contributed by atoms with Crippen LogP contribution in [0.2, 0.25) is 0 Å². The number of halogens is 2. The molecule has 1 aromatic carbocycles. The van der Waals surface area contributed by atoms with Crippen LogP contribution in [0, 0.1) is 11.3 Å². The fourth-order valence-corrected chi connectivity index (χ4v) is 2.49. The smallest absolute Gasteiger partial charge is 0.201 e. The van der Waals surface area contributed by atoms with Crippen LogP contribution >= 0.6 is 0 Å². The molecular weight excluding hydrogens is 232 g/mol. The second kappa shape index (κ2) is 4.68. The zero-order chi connectivity index (χ0) is 13.2. The number of nitriles is 1. The lowest BCUT2D eigenvalue weighted by Gasteiger charge is -2.35. The van der Waals surface area contributed by atoms with E-state index in [-0.39, 0.29) is 12.0 Å². The summed E-state index contributed by atoms with van der Waals surface area (Å²) in [4.78, 5) is 0. The fraction of sp³-hybridized carbons (Fsp3) is 0.533. The molecule has 0 heterocycles. The van der Waals surface area contributed by atoms with Crippen molar-refractivity contribution in [1.82, 2.24) is 0 Å². The van der Waals surface area contributed by atoms with Gasteiger partial charge in [0.2, 0.25) is 0 Å². The first-order chi connectivity index (χ1) is 8.54. The Kier molecular flexibility index (Phi) is 3.38. The van der Waals surface area contributed by atoms with Crippen molar-refractivity contribution in [3.63, 3.8) is 0 Å². The van der Waals surface area contributed by atoms with Crippen molar-refractivity contribution in [2.75, 3.05) is 0 Å². The largest absolute Gasteiger partial charge is 0.273 e. The lowest BCUT2D eigenvalue weighted by molar-refractivity contribution is -0.0140. The normalized spacial score (nSPS) is 17.9. The summed E-state index contributed by atoms with van der Waals surface area (Å²) in [5.74, 6) is -2.76. The molecule has 0 N–H and O–H groups in total. The quantitative estimate of drug-likeness (QED) is 0.769.